The maximum Gasteiger partial charge on any atom is 0.391 e. The summed E-state index contributed by atoms with van der Waals surface area (Å²) in [5, 5.41) is 9.05. The van der Waals surface area contributed by atoms with E-state index in [1.54, 1.807) is 6.08 Å². The van der Waals surface area contributed by atoms with Crippen LogP contribution in [0.3, 0.4) is 0 Å². The van der Waals surface area contributed by atoms with E-state index >= 15 is 0 Å². The molecule has 2 nitrogen and oxygen atoms in total. The summed E-state index contributed by atoms with van der Waals surface area (Å²) in [7, 11) is 0. The summed E-state index contributed by atoms with van der Waals surface area (Å²) >= 11 is 0. The van der Waals surface area contributed by atoms with Gasteiger partial charge in [0.2, 0.25) is 0 Å². The summed E-state index contributed by atoms with van der Waals surface area (Å²) in [6.45, 7) is 4.19. The average Bonchev–Trinajstić information content (AvgIpc) is 2.89. The monoisotopic (exact) mass is 381 g/mol. The molecule has 150 valence electrons. The standard InChI is InChI=1S/C22H30F3NO/c1-14-3-6-18(22(23,24)25)11-15(14)4-5-16-12-19(27)13-21(2)17(9-10-26)7-8-20(16)21/h9,14-16,18,20H,3-8,11-13H2,1-2H3. The second-order valence-electron chi connectivity index (χ2n) is 9.41. The molecular weight excluding hydrogens is 351 g/mol. The van der Waals surface area contributed by atoms with E-state index in [1.165, 1.54) is 0 Å². The van der Waals surface area contributed by atoms with Crippen molar-refractivity contribution in [3.05, 3.63) is 11.6 Å². The fraction of sp³-hybridized carbons (Fsp3) is 0.818. The highest BCUT2D eigenvalue weighted by atomic mass is 19.4. The van der Waals surface area contributed by atoms with E-state index in [-0.39, 0.29) is 35.9 Å². The Morgan fingerprint density at radius 1 is 1.22 bits per heavy atom. The number of fused-ring (bicyclic) bond motifs is 1. The Bertz CT molecular complexity index is 647. The molecule has 6 unspecified atom stereocenters. The van der Waals surface area contributed by atoms with Gasteiger partial charge in [-0.15, -0.1) is 0 Å². The molecule has 3 saturated carbocycles. The third kappa shape index (κ3) is 4.10. The van der Waals surface area contributed by atoms with Crippen LogP contribution in [-0.4, -0.2) is 12.0 Å². The van der Waals surface area contributed by atoms with Crippen LogP contribution in [0.4, 0.5) is 13.2 Å². The van der Waals surface area contributed by atoms with E-state index in [0.717, 1.165) is 31.3 Å². The van der Waals surface area contributed by atoms with Gasteiger partial charge in [-0.2, -0.15) is 18.4 Å². The molecule has 5 heteroatoms. The minimum absolute atomic E-state index is 0.101. The molecule has 0 aromatic carbocycles. The number of carbonyl (C=O) groups is 1. The van der Waals surface area contributed by atoms with Crippen molar-refractivity contribution in [3.63, 3.8) is 0 Å². The van der Waals surface area contributed by atoms with Crippen molar-refractivity contribution in [2.24, 2.45) is 35.0 Å². The van der Waals surface area contributed by atoms with Gasteiger partial charge in [-0.25, -0.2) is 0 Å². The molecule has 0 bridgehead atoms. The van der Waals surface area contributed by atoms with Crippen LogP contribution in [0.1, 0.15) is 71.6 Å². The van der Waals surface area contributed by atoms with Crippen molar-refractivity contribution in [1.29, 1.82) is 5.26 Å². The highest BCUT2D eigenvalue weighted by Crippen LogP contribution is 2.57. The summed E-state index contributed by atoms with van der Waals surface area (Å²) in [5.41, 5.74) is 0.874. The van der Waals surface area contributed by atoms with Gasteiger partial charge in [-0.3, -0.25) is 4.79 Å². The predicted octanol–water partition coefficient (Wildman–Crippen LogP) is 6.23. The maximum absolute atomic E-state index is 13.2. The predicted molar refractivity (Wildman–Crippen MR) is 97.5 cm³/mol. The largest absolute Gasteiger partial charge is 0.391 e. The summed E-state index contributed by atoms with van der Waals surface area (Å²) in [6, 6.07) is 2.13. The van der Waals surface area contributed by atoms with Gasteiger partial charge in [-0.1, -0.05) is 19.4 Å². The smallest absolute Gasteiger partial charge is 0.300 e. The van der Waals surface area contributed by atoms with E-state index in [4.69, 9.17) is 5.26 Å². The van der Waals surface area contributed by atoms with Gasteiger partial charge in [-0.05, 0) is 74.0 Å². The van der Waals surface area contributed by atoms with Gasteiger partial charge in [0.15, 0.2) is 0 Å². The van der Waals surface area contributed by atoms with E-state index in [0.29, 0.717) is 31.1 Å². The third-order valence-corrected chi connectivity index (χ3v) is 7.87. The first-order valence-electron chi connectivity index (χ1n) is 10.3. The molecule has 3 rings (SSSR count). The number of rotatable bonds is 3. The van der Waals surface area contributed by atoms with Crippen molar-refractivity contribution in [1.82, 2.24) is 0 Å². The lowest BCUT2D eigenvalue weighted by molar-refractivity contribution is -0.188. The number of Topliss-reactive ketones (excluding diaryl/α,β-unsaturated/α-hetero) is 1. The Morgan fingerprint density at radius 2 is 1.93 bits per heavy atom. The van der Waals surface area contributed by atoms with Gasteiger partial charge >= 0.3 is 6.18 Å². The molecule has 0 N–H and O–H groups in total. The SMILES string of the molecule is CC1CCC(C(F)(F)F)CC1CCC1CC(=O)CC2(C)C(=CC#N)CCC12. The van der Waals surface area contributed by atoms with Gasteiger partial charge < -0.3 is 0 Å². The van der Waals surface area contributed by atoms with E-state index < -0.39 is 12.1 Å². The number of nitrogens with zero attached hydrogens (tertiary/aromatic N) is 1. The average molecular weight is 381 g/mol. The number of nitriles is 1. The molecule has 0 radical (unpaired) electrons. The van der Waals surface area contributed by atoms with E-state index in [1.807, 2.05) is 0 Å². The number of hydrogen-bond acceptors (Lipinski definition) is 2. The lowest BCUT2D eigenvalue weighted by Gasteiger charge is -2.43. The van der Waals surface area contributed by atoms with Gasteiger partial charge in [0.1, 0.15) is 5.78 Å². The second-order valence-corrected chi connectivity index (χ2v) is 9.41. The molecule has 0 aliphatic heterocycles. The number of allylic oxidation sites excluding steroid dienone is 2. The van der Waals surface area contributed by atoms with Crippen molar-refractivity contribution in [2.75, 3.05) is 0 Å². The number of carbonyl (C=O) groups excluding carboxylic acids is 1. The minimum Gasteiger partial charge on any atom is -0.300 e. The van der Waals surface area contributed by atoms with Gasteiger partial charge in [0.25, 0.3) is 0 Å². The first-order valence-corrected chi connectivity index (χ1v) is 10.3. The van der Waals surface area contributed by atoms with Gasteiger partial charge in [0.05, 0.1) is 12.0 Å². The molecule has 0 heterocycles. The Balaban J connectivity index is 1.67. The highest BCUT2D eigenvalue weighted by Gasteiger charge is 2.51. The van der Waals surface area contributed by atoms with Crippen molar-refractivity contribution in [3.8, 4) is 6.07 Å². The first kappa shape index (κ1) is 20.4. The van der Waals surface area contributed by atoms with Crippen LogP contribution in [0.15, 0.2) is 11.6 Å². The fourth-order valence-corrected chi connectivity index (χ4v) is 6.23. The molecule has 3 aliphatic carbocycles. The summed E-state index contributed by atoms with van der Waals surface area (Å²) < 4.78 is 39.5. The Morgan fingerprint density at radius 3 is 2.59 bits per heavy atom. The summed E-state index contributed by atoms with van der Waals surface area (Å²) in [4.78, 5) is 12.4. The van der Waals surface area contributed by atoms with Crippen LogP contribution >= 0.6 is 0 Å². The molecule has 3 aliphatic rings. The van der Waals surface area contributed by atoms with Crippen molar-refractivity contribution >= 4 is 5.78 Å². The van der Waals surface area contributed by atoms with Crippen LogP contribution in [0.5, 0.6) is 0 Å². The molecule has 6 atom stereocenters. The molecule has 0 saturated heterocycles. The molecule has 3 fully saturated rings. The quantitative estimate of drug-likeness (QED) is 0.544. The summed E-state index contributed by atoms with van der Waals surface area (Å²) in [6.07, 6.45) is 3.24. The van der Waals surface area contributed by atoms with Crippen LogP contribution in [0, 0.1) is 46.3 Å². The highest BCUT2D eigenvalue weighted by molar-refractivity contribution is 5.81. The van der Waals surface area contributed by atoms with E-state index in [9.17, 15) is 18.0 Å². The second kappa shape index (κ2) is 7.60. The zero-order valence-corrected chi connectivity index (χ0v) is 16.3. The zero-order chi connectivity index (χ0) is 19.8. The topological polar surface area (TPSA) is 40.9 Å². The van der Waals surface area contributed by atoms with Crippen LogP contribution in [0.2, 0.25) is 0 Å². The normalized spacial score (nSPS) is 41.4. The van der Waals surface area contributed by atoms with Crippen LogP contribution < -0.4 is 0 Å². The number of ketones is 1. The van der Waals surface area contributed by atoms with Crippen LogP contribution in [0.25, 0.3) is 0 Å². The summed E-state index contributed by atoms with van der Waals surface area (Å²) in [5.74, 6) is 0.144. The molecule has 0 amide bonds. The Hall–Kier alpha value is -1.31. The molecule has 0 aromatic heterocycles. The van der Waals surface area contributed by atoms with Crippen molar-refractivity contribution < 1.29 is 18.0 Å². The molecule has 0 aromatic rings. The van der Waals surface area contributed by atoms with Crippen LogP contribution in [-0.2, 0) is 4.79 Å². The first-order chi connectivity index (χ1) is 12.6. The Labute approximate surface area is 160 Å². The lowest BCUT2D eigenvalue weighted by atomic mass is 9.61. The van der Waals surface area contributed by atoms with Crippen molar-refractivity contribution in [2.45, 2.75) is 77.8 Å². The fourth-order valence-electron chi connectivity index (χ4n) is 6.23. The number of halogens is 3. The number of alkyl halides is 3. The molecular formula is C22H30F3NO. The Kier molecular flexibility index (Phi) is 5.75. The minimum atomic E-state index is -4.08. The third-order valence-electron chi connectivity index (χ3n) is 7.87. The lowest BCUT2D eigenvalue weighted by Crippen LogP contribution is -2.39. The molecule has 27 heavy (non-hydrogen) atoms. The number of hydrogen-bond donors (Lipinski definition) is 0. The molecule has 0 spiro atoms. The maximum atomic E-state index is 13.2. The zero-order valence-electron chi connectivity index (χ0n) is 16.3. The van der Waals surface area contributed by atoms with E-state index in [2.05, 4.69) is 19.9 Å². The van der Waals surface area contributed by atoms with Gasteiger partial charge in [0, 0.05) is 18.9 Å².